The van der Waals surface area contributed by atoms with Gasteiger partial charge in [0.2, 0.25) is 0 Å². The van der Waals surface area contributed by atoms with Crippen LogP contribution in [0.25, 0.3) is 0 Å². The molecule has 0 radical (unpaired) electrons. The molecular formula is C16H26O. The molecule has 1 aliphatic rings. The quantitative estimate of drug-likeness (QED) is 0.449. The summed E-state index contributed by atoms with van der Waals surface area (Å²) in [6.45, 7) is 4.38. The smallest absolute Gasteiger partial charge is 0.184 e. The van der Waals surface area contributed by atoms with Crippen molar-refractivity contribution in [3.05, 3.63) is 23.3 Å². The largest absolute Gasteiger partial charge is 0.289 e. The monoisotopic (exact) mass is 234 g/mol. The first-order chi connectivity index (χ1) is 8.29. The Labute approximate surface area is 106 Å². The van der Waals surface area contributed by atoms with Gasteiger partial charge in [0.15, 0.2) is 5.78 Å². The summed E-state index contributed by atoms with van der Waals surface area (Å²) >= 11 is 0. The summed E-state index contributed by atoms with van der Waals surface area (Å²) in [7, 11) is 0. The van der Waals surface area contributed by atoms with Crippen molar-refractivity contribution in [2.75, 3.05) is 0 Å². The van der Waals surface area contributed by atoms with Gasteiger partial charge in [0.25, 0.3) is 0 Å². The highest BCUT2D eigenvalue weighted by Crippen LogP contribution is 2.27. The predicted octanol–water partition coefficient (Wildman–Crippen LogP) is 4.97. The maximum Gasteiger partial charge on any atom is 0.184 e. The van der Waals surface area contributed by atoms with Crippen LogP contribution < -0.4 is 0 Å². The first kappa shape index (κ1) is 14.2. The fraction of sp³-hybridized carbons (Fsp3) is 0.688. The molecule has 0 aromatic rings. The van der Waals surface area contributed by atoms with E-state index in [0.29, 0.717) is 5.78 Å². The molecule has 0 heterocycles. The van der Waals surface area contributed by atoms with Crippen molar-refractivity contribution in [3.63, 3.8) is 0 Å². The minimum atomic E-state index is 0.328. The van der Waals surface area contributed by atoms with Crippen LogP contribution in [0.1, 0.15) is 71.6 Å². The van der Waals surface area contributed by atoms with Gasteiger partial charge in [0.1, 0.15) is 0 Å². The van der Waals surface area contributed by atoms with Crippen molar-refractivity contribution in [2.24, 2.45) is 0 Å². The summed E-state index contributed by atoms with van der Waals surface area (Å²) in [6, 6.07) is 0. The second kappa shape index (κ2) is 8.27. The predicted molar refractivity (Wildman–Crippen MR) is 74.1 cm³/mol. The Balaban J connectivity index is 2.36. The summed E-state index contributed by atoms with van der Waals surface area (Å²) in [5.41, 5.74) is 2.13. The Hall–Kier alpha value is -0.850. The third kappa shape index (κ3) is 4.89. The van der Waals surface area contributed by atoms with Crippen molar-refractivity contribution < 1.29 is 4.79 Å². The average molecular weight is 234 g/mol. The lowest BCUT2D eigenvalue weighted by molar-refractivity contribution is -0.111. The zero-order valence-electron chi connectivity index (χ0n) is 11.4. The number of carbonyl (C=O) groups is 1. The van der Waals surface area contributed by atoms with Gasteiger partial charge in [0.05, 0.1) is 0 Å². The Morgan fingerprint density at radius 1 is 0.882 bits per heavy atom. The molecule has 1 fully saturated rings. The van der Waals surface area contributed by atoms with Crippen molar-refractivity contribution in [2.45, 2.75) is 71.6 Å². The van der Waals surface area contributed by atoms with Gasteiger partial charge in [-0.3, -0.25) is 4.79 Å². The molecule has 0 saturated heterocycles. The highest BCUT2D eigenvalue weighted by atomic mass is 16.1. The van der Waals surface area contributed by atoms with E-state index in [1.807, 2.05) is 0 Å². The van der Waals surface area contributed by atoms with E-state index < -0.39 is 0 Å². The number of hydrogen-bond acceptors (Lipinski definition) is 1. The van der Waals surface area contributed by atoms with E-state index in [4.69, 9.17) is 0 Å². The molecule has 0 unspecified atom stereocenters. The number of ketones is 1. The van der Waals surface area contributed by atoms with Gasteiger partial charge < -0.3 is 0 Å². The lowest BCUT2D eigenvalue weighted by Gasteiger charge is -1.97. The Bertz CT molecular complexity index is 297. The van der Waals surface area contributed by atoms with Crippen LogP contribution in [-0.4, -0.2) is 5.78 Å². The molecular weight excluding hydrogens is 208 g/mol. The van der Waals surface area contributed by atoms with Crippen LogP contribution in [0.5, 0.6) is 0 Å². The molecule has 1 aliphatic carbocycles. The number of allylic oxidation sites excluding steroid dienone is 4. The maximum absolute atomic E-state index is 12.0. The Morgan fingerprint density at radius 3 is 2.12 bits per heavy atom. The summed E-state index contributed by atoms with van der Waals surface area (Å²) < 4.78 is 0. The fourth-order valence-corrected chi connectivity index (χ4v) is 2.26. The number of carbonyl (C=O) groups excluding carboxylic acids is 1. The first-order valence-electron chi connectivity index (χ1n) is 7.22. The van der Waals surface area contributed by atoms with Crippen LogP contribution in [0.15, 0.2) is 23.3 Å². The van der Waals surface area contributed by atoms with Crippen LogP contribution in [-0.2, 0) is 4.79 Å². The Kier molecular flexibility index (Phi) is 6.91. The maximum atomic E-state index is 12.0. The fourth-order valence-electron chi connectivity index (χ4n) is 2.26. The van der Waals surface area contributed by atoms with Crippen LogP contribution in [0.2, 0.25) is 0 Å². The van der Waals surface area contributed by atoms with E-state index >= 15 is 0 Å². The molecule has 0 aromatic heterocycles. The molecule has 0 spiro atoms. The molecule has 1 saturated carbocycles. The van der Waals surface area contributed by atoms with E-state index in [1.165, 1.54) is 25.7 Å². The zero-order chi connectivity index (χ0) is 12.5. The third-order valence-electron chi connectivity index (χ3n) is 3.37. The SMILES string of the molecule is CCCC=C1CCC(=CCCCCCC)C1=O. The summed E-state index contributed by atoms with van der Waals surface area (Å²) in [5.74, 6) is 0.328. The van der Waals surface area contributed by atoms with Crippen molar-refractivity contribution in [3.8, 4) is 0 Å². The minimum absolute atomic E-state index is 0.328. The average Bonchev–Trinajstić information content (AvgIpc) is 2.68. The standard InChI is InChI=1S/C16H26O/c1-3-5-7-8-9-11-15-13-12-14(16(15)17)10-6-4-2/h10-11H,3-9,12-13H2,1-2H3. The molecule has 1 rings (SSSR count). The third-order valence-corrected chi connectivity index (χ3v) is 3.37. The molecule has 1 nitrogen and oxygen atoms in total. The highest BCUT2D eigenvalue weighted by molar-refractivity contribution is 6.10. The second-order valence-electron chi connectivity index (χ2n) is 4.93. The summed E-state index contributed by atoms with van der Waals surface area (Å²) in [5, 5.41) is 0. The molecule has 0 amide bonds. The number of unbranched alkanes of at least 4 members (excludes halogenated alkanes) is 5. The van der Waals surface area contributed by atoms with E-state index in [-0.39, 0.29) is 0 Å². The van der Waals surface area contributed by atoms with E-state index in [0.717, 1.165) is 43.3 Å². The van der Waals surface area contributed by atoms with Crippen LogP contribution in [0, 0.1) is 0 Å². The number of Topliss-reactive ketones (excluding diaryl/α,β-unsaturated/α-hetero) is 1. The van der Waals surface area contributed by atoms with Crippen molar-refractivity contribution in [1.82, 2.24) is 0 Å². The molecule has 0 atom stereocenters. The summed E-state index contributed by atoms with van der Waals surface area (Å²) in [4.78, 5) is 12.0. The van der Waals surface area contributed by atoms with Crippen molar-refractivity contribution >= 4 is 5.78 Å². The number of rotatable bonds is 7. The van der Waals surface area contributed by atoms with Crippen molar-refractivity contribution in [1.29, 1.82) is 0 Å². The minimum Gasteiger partial charge on any atom is -0.289 e. The van der Waals surface area contributed by atoms with E-state index in [1.54, 1.807) is 0 Å². The lowest BCUT2D eigenvalue weighted by atomic mass is 10.1. The van der Waals surface area contributed by atoms with Gasteiger partial charge in [-0.2, -0.15) is 0 Å². The molecule has 0 aromatic carbocycles. The van der Waals surface area contributed by atoms with Gasteiger partial charge in [-0.25, -0.2) is 0 Å². The van der Waals surface area contributed by atoms with Crippen LogP contribution >= 0.6 is 0 Å². The molecule has 96 valence electrons. The Morgan fingerprint density at radius 2 is 1.53 bits per heavy atom. The zero-order valence-corrected chi connectivity index (χ0v) is 11.4. The molecule has 1 heteroatoms. The van der Waals surface area contributed by atoms with Crippen LogP contribution in [0.3, 0.4) is 0 Å². The van der Waals surface area contributed by atoms with Crippen LogP contribution in [0.4, 0.5) is 0 Å². The molecule has 17 heavy (non-hydrogen) atoms. The summed E-state index contributed by atoms with van der Waals surface area (Å²) in [6.07, 6.45) is 14.7. The highest BCUT2D eigenvalue weighted by Gasteiger charge is 2.21. The van der Waals surface area contributed by atoms with Gasteiger partial charge >= 0.3 is 0 Å². The molecule has 0 bridgehead atoms. The van der Waals surface area contributed by atoms with E-state index in [9.17, 15) is 4.79 Å². The van der Waals surface area contributed by atoms with Gasteiger partial charge in [-0.15, -0.1) is 0 Å². The molecule has 0 aliphatic heterocycles. The van der Waals surface area contributed by atoms with Gasteiger partial charge in [0, 0.05) is 0 Å². The van der Waals surface area contributed by atoms with Gasteiger partial charge in [-0.05, 0) is 43.3 Å². The second-order valence-corrected chi connectivity index (χ2v) is 4.93. The number of hydrogen-bond donors (Lipinski definition) is 0. The molecule has 0 N–H and O–H groups in total. The lowest BCUT2D eigenvalue weighted by Crippen LogP contribution is -1.95. The topological polar surface area (TPSA) is 17.1 Å². The first-order valence-corrected chi connectivity index (χ1v) is 7.22. The van der Waals surface area contributed by atoms with E-state index in [2.05, 4.69) is 26.0 Å². The van der Waals surface area contributed by atoms with Gasteiger partial charge in [-0.1, -0.05) is 51.7 Å². The normalized spacial score (nSPS) is 20.7.